The Hall–Kier alpha value is -1.05. The fourth-order valence-corrected chi connectivity index (χ4v) is 1.58. The smallest absolute Gasteiger partial charge is 0.330 e. The standard InChI is InChI=1S/C15H26O2/c1-13(2)9-8-11-14(3)10-6-5-7-12-15(16)17-4/h5-7,12-14H,8-11H2,1-4H3/b6-5+,12-7+. The van der Waals surface area contributed by atoms with Crippen molar-refractivity contribution in [1.29, 1.82) is 0 Å². The second-order valence-corrected chi connectivity index (χ2v) is 4.98. The topological polar surface area (TPSA) is 26.3 Å². The van der Waals surface area contributed by atoms with Gasteiger partial charge in [-0.2, -0.15) is 0 Å². The molecule has 0 spiro atoms. The molecule has 0 aliphatic rings. The minimum Gasteiger partial charge on any atom is -0.466 e. The van der Waals surface area contributed by atoms with Gasteiger partial charge in [0.2, 0.25) is 0 Å². The van der Waals surface area contributed by atoms with Crippen molar-refractivity contribution >= 4 is 5.97 Å². The van der Waals surface area contributed by atoms with Crippen molar-refractivity contribution in [2.75, 3.05) is 7.11 Å². The van der Waals surface area contributed by atoms with Gasteiger partial charge in [-0.1, -0.05) is 58.3 Å². The van der Waals surface area contributed by atoms with Crippen molar-refractivity contribution in [3.8, 4) is 0 Å². The van der Waals surface area contributed by atoms with Crippen LogP contribution in [0.5, 0.6) is 0 Å². The van der Waals surface area contributed by atoms with Crippen LogP contribution in [0.25, 0.3) is 0 Å². The van der Waals surface area contributed by atoms with Crippen LogP contribution in [0.15, 0.2) is 24.3 Å². The van der Waals surface area contributed by atoms with Gasteiger partial charge in [0.1, 0.15) is 0 Å². The van der Waals surface area contributed by atoms with Crippen LogP contribution in [0.4, 0.5) is 0 Å². The van der Waals surface area contributed by atoms with Crippen molar-refractivity contribution in [2.24, 2.45) is 11.8 Å². The predicted octanol–water partition coefficient (Wildman–Crippen LogP) is 4.12. The van der Waals surface area contributed by atoms with E-state index in [0.29, 0.717) is 0 Å². The van der Waals surface area contributed by atoms with Crippen LogP contribution in [0, 0.1) is 11.8 Å². The maximum Gasteiger partial charge on any atom is 0.330 e. The van der Waals surface area contributed by atoms with Crippen molar-refractivity contribution < 1.29 is 9.53 Å². The molecular formula is C15H26O2. The van der Waals surface area contributed by atoms with E-state index in [1.54, 1.807) is 6.08 Å². The van der Waals surface area contributed by atoms with Gasteiger partial charge < -0.3 is 4.74 Å². The fourth-order valence-electron chi connectivity index (χ4n) is 1.58. The largest absolute Gasteiger partial charge is 0.466 e. The molecule has 0 bridgehead atoms. The maximum atomic E-state index is 10.8. The van der Waals surface area contributed by atoms with E-state index in [1.165, 1.54) is 32.4 Å². The summed E-state index contributed by atoms with van der Waals surface area (Å²) in [5.41, 5.74) is 0. The highest BCUT2D eigenvalue weighted by molar-refractivity contribution is 5.82. The van der Waals surface area contributed by atoms with E-state index in [2.05, 4.69) is 31.6 Å². The van der Waals surface area contributed by atoms with Crippen LogP contribution in [0.2, 0.25) is 0 Å². The lowest BCUT2D eigenvalue weighted by Crippen LogP contribution is -1.95. The lowest BCUT2D eigenvalue weighted by Gasteiger charge is -2.09. The van der Waals surface area contributed by atoms with Crippen molar-refractivity contribution in [3.05, 3.63) is 24.3 Å². The number of ether oxygens (including phenoxy) is 1. The third-order valence-corrected chi connectivity index (χ3v) is 2.70. The molecule has 0 N–H and O–H groups in total. The van der Waals surface area contributed by atoms with Crippen LogP contribution in [-0.4, -0.2) is 13.1 Å². The number of allylic oxidation sites excluding steroid dienone is 3. The first-order valence-electron chi connectivity index (χ1n) is 6.47. The highest BCUT2D eigenvalue weighted by atomic mass is 16.5. The highest BCUT2D eigenvalue weighted by Crippen LogP contribution is 2.15. The quantitative estimate of drug-likeness (QED) is 0.361. The molecule has 0 aromatic rings. The molecule has 0 heterocycles. The Morgan fingerprint density at radius 3 is 2.47 bits per heavy atom. The number of hydrogen-bond acceptors (Lipinski definition) is 2. The van der Waals surface area contributed by atoms with E-state index < -0.39 is 0 Å². The molecule has 0 aliphatic heterocycles. The lowest BCUT2D eigenvalue weighted by atomic mass is 9.97. The van der Waals surface area contributed by atoms with Gasteiger partial charge in [-0.05, 0) is 18.3 Å². The van der Waals surface area contributed by atoms with Gasteiger partial charge in [-0.3, -0.25) is 0 Å². The van der Waals surface area contributed by atoms with Crippen molar-refractivity contribution in [2.45, 2.75) is 46.5 Å². The number of carbonyl (C=O) groups excluding carboxylic acids is 1. The summed E-state index contributed by atoms with van der Waals surface area (Å²) in [4.78, 5) is 10.8. The number of esters is 1. The Morgan fingerprint density at radius 2 is 1.88 bits per heavy atom. The van der Waals surface area contributed by atoms with Crippen LogP contribution < -0.4 is 0 Å². The normalized spacial score (nSPS) is 13.7. The highest BCUT2D eigenvalue weighted by Gasteiger charge is 2.00. The zero-order valence-electron chi connectivity index (χ0n) is 11.6. The predicted molar refractivity (Wildman–Crippen MR) is 72.8 cm³/mol. The second kappa shape index (κ2) is 10.1. The molecule has 0 radical (unpaired) electrons. The molecule has 2 heteroatoms. The molecule has 1 unspecified atom stereocenters. The first kappa shape index (κ1) is 16.0. The third kappa shape index (κ3) is 11.2. The molecule has 0 rings (SSSR count). The maximum absolute atomic E-state index is 10.8. The van der Waals surface area contributed by atoms with Crippen LogP contribution in [0.1, 0.15) is 46.5 Å². The average Bonchev–Trinajstić information content (AvgIpc) is 2.27. The monoisotopic (exact) mass is 238 g/mol. The minimum atomic E-state index is -0.306. The molecule has 0 saturated heterocycles. The van der Waals surface area contributed by atoms with Gasteiger partial charge in [0.25, 0.3) is 0 Å². The molecule has 0 amide bonds. The number of methoxy groups -OCH3 is 1. The van der Waals surface area contributed by atoms with E-state index in [4.69, 9.17) is 0 Å². The average molecular weight is 238 g/mol. The van der Waals surface area contributed by atoms with Gasteiger partial charge in [0.05, 0.1) is 7.11 Å². The summed E-state index contributed by atoms with van der Waals surface area (Å²) in [6.07, 6.45) is 12.2. The summed E-state index contributed by atoms with van der Waals surface area (Å²) in [5, 5.41) is 0. The van der Waals surface area contributed by atoms with E-state index in [9.17, 15) is 4.79 Å². The summed E-state index contributed by atoms with van der Waals surface area (Å²) in [5.74, 6) is 1.22. The number of hydrogen-bond donors (Lipinski definition) is 0. The van der Waals surface area contributed by atoms with Crippen LogP contribution in [-0.2, 0) is 9.53 Å². The molecule has 17 heavy (non-hydrogen) atoms. The van der Waals surface area contributed by atoms with Gasteiger partial charge in [0, 0.05) is 6.08 Å². The molecule has 98 valence electrons. The number of carbonyl (C=O) groups is 1. The van der Waals surface area contributed by atoms with Gasteiger partial charge in [0.15, 0.2) is 0 Å². The Morgan fingerprint density at radius 1 is 1.18 bits per heavy atom. The molecule has 0 aliphatic carbocycles. The fraction of sp³-hybridized carbons (Fsp3) is 0.667. The minimum absolute atomic E-state index is 0.306. The van der Waals surface area contributed by atoms with E-state index in [1.807, 2.05) is 6.08 Å². The van der Waals surface area contributed by atoms with Crippen LogP contribution in [0.3, 0.4) is 0 Å². The van der Waals surface area contributed by atoms with Crippen LogP contribution >= 0.6 is 0 Å². The zero-order valence-corrected chi connectivity index (χ0v) is 11.6. The summed E-state index contributed by atoms with van der Waals surface area (Å²) >= 11 is 0. The van der Waals surface area contributed by atoms with E-state index in [-0.39, 0.29) is 5.97 Å². The Kier molecular flexibility index (Phi) is 9.50. The van der Waals surface area contributed by atoms with Gasteiger partial charge in [-0.25, -0.2) is 4.79 Å². The molecule has 0 aromatic carbocycles. The lowest BCUT2D eigenvalue weighted by molar-refractivity contribution is -0.134. The van der Waals surface area contributed by atoms with Gasteiger partial charge >= 0.3 is 5.97 Å². The first-order chi connectivity index (χ1) is 8.06. The molecule has 0 fully saturated rings. The van der Waals surface area contributed by atoms with Crippen molar-refractivity contribution in [3.63, 3.8) is 0 Å². The summed E-state index contributed by atoms with van der Waals surface area (Å²) in [7, 11) is 1.38. The molecule has 0 aromatic heterocycles. The Labute approximate surface area is 106 Å². The molecule has 0 saturated carbocycles. The van der Waals surface area contributed by atoms with Crippen molar-refractivity contribution in [1.82, 2.24) is 0 Å². The number of rotatable bonds is 8. The molecular weight excluding hydrogens is 212 g/mol. The summed E-state index contributed by atoms with van der Waals surface area (Å²) in [6, 6.07) is 0. The van der Waals surface area contributed by atoms with E-state index >= 15 is 0 Å². The Balaban J connectivity index is 3.62. The summed E-state index contributed by atoms with van der Waals surface area (Å²) < 4.78 is 4.49. The zero-order chi connectivity index (χ0) is 13.1. The molecule has 1 atom stereocenters. The third-order valence-electron chi connectivity index (χ3n) is 2.70. The summed E-state index contributed by atoms with van der Waals surface area (Å²) in [6.45, 7) is 6.80. The SMILES string of the molecule is COC(=O)/C=C/C=C/CC(C)CCCC(C)C. The molecule has 2 nitrogen and oxygen atoms in total. The first-order valence-corrected chi connectivity index (χ1v) is 6.47. The van der Waals surface area contributed by atoms with Gasteiger partial charge in [-0.15, -0.1) is 0 Å². The van der Waals surface area contributed by atoms with E-state index in [0.717, 1.165) is 18.3 Å². The second-order valence-electron chi connectivity index (χ2n) is 4.98. The Bertz CT molecular complexity index is 252.